The lowest BCUT2D eigenvalue weighted by molar-refractivity contribution is 0.362. The summed E-state index contributed by atoms with van der Waals surface area (Å²) in [4.78, 5) is 0. The van der Waals surface area contributed by atoms with E-state index in [4.69, 9.17) is 5.73 Å². The molecule has 1 aromatic heterocycles. The van der Waals surface area contributed by atoms with E-state index in [2.05, 4.69) is 5.10 Å². The lowest BCUT2D eigenvalue weighted by atomic mass is 10.0. The Kier molecular flexibility index (Phi) is 2.83. The van der Waals surface area contributed by atoms with Crippen LogP contribution in [0.2, 0.25) is 0 Å². The third kappa shape index (κ3) is 2.00. The molecule has 0 saturated heterocycles. The summed E-state index contributed by atoms with van der Waals surface area (Å²) in [5.41, 5.74) is 6.59. The molecular weight excluding hydrogens is 224 g/mol. The van der Waals surface area contributed by atoms with E-state index in [0.717, 1.165) is 0 Å². The molecule has 0 aliphatic rings. The highest BCUT2D eigenvalue weighted by atomic mass is 19.1. The van der Waals surface area contributed by atoms with Crippen LogP contribution in [0.15, 0.2) is 24.3 Å². The van der Waals surface area contributed by atoms with Gasteiger partial charge in [0.05, 0.1) is 5.69 Å². The Morgan fingerprint density at radius 1 is 1.41 bits per heavy atom. The van der Waals surface area contributed by atoms with E-state index in [1.807, 2.05) is 0 Å². The first-order chi connectivity index (χ1) is 8.00. The Balaban J connectivity index is 2.63. The van der Waals surface area contributed by atoms with Crippen LogP contribution in [0.5, 0.6) is 0 Å². The number of hydrogen-bond acceptors (Lipinski definition) is 2. The molecule has 0 amide bonds. The summed E-state index contributed by atoms with van der Waals surface area (Å²) in [7, 11) is 1.68. The van der Waals surface area contributed by atoms with Gasteiger partial charge < -0.3 is 5.73 Å². The number of aryl methyl sites for hydroxylation is 1. The zero-order chi connectivity index (χ0) is 12.6. The van der Waals surface area contributed by atoms with Crippen LogP contribution in [0.25, 0.3) is 11.3 Å². The van der Waals surface area contributed by atoms with Gasteiger partial charge >= 0.3 is 0 Å². The smallest absolute Gasteiger partial charge is 0.129 e. The van der Waals surface area contributed by atoms with Crippen LogP contribution in [-0.2, 0) is 7.05 Å². The maximum atomic E-state index is 13.6. The van der Waals surface area contributed by atoms with Gasteiger partial charge in [0.15, 0.2) is 0 Å². The summed E-state index contributed by atoms with van der Waals surface area (Å²) in [6.07, 6.45) is -1.39. The second-order valence-corrected chi connectivity index (χ2v) is 3.90. The number of nitrogens with two attached hydrogens (primary N) is 1. The summed E-state index contributed by atoms with van der Waals surface area (Å²) in [6.45, 7) is 1.30. The lowest BCUT2D eigenvalue weighted by Crippen LogP contribution is -1.98. The van der Waals surface area contributed by atoms with Gasteiger partial charge in [0.1, 0.15) is 17.8 Å². The summed E-state index contributed by atoms with van der Waals surface area (Å²) >= 11 is 0. The maximum Gasteiger partial charge on any atom is 0.129 e. The molecule has 0 aliphatic heterocycles. The number of halogens is 2. The quantitative estimate of drug-likeness (QED) is 0.872. The molecule has 0 bridgehead atoms. The van der Waals surface area contributed by atoms with Gasteiger partial charge in [0, 0.05) is 24.2 Å². The number of anilines is 1. The number of alkyl halides is 1. The van der Waals surface area contributed by atoms with Crippen LogP contribution in [0.1, 0.15) is 18.7 Å². The molecule has 1 aromatic carbocycles. The molecule has 2 N–H and O–H groups in total. The monoisotopic (exact) mass is 237 g/mol. The Morgan fingerprint density at radius 2 is 2.12 bits per heavy atom. The lowest BCUT2D eigenvalue weighted by Gasteiger charge is -2.09. The normalized spacial score (nSPS) is 12.7. The van der Waals surface area contributed by atoms with Crippen LogP contribution in [0.4, 0.5) is 14.6 Å². The molecule has 2 rings (SSSR count). The number of nitrogen functional groups attached to an aromatic ring is 1. The second kappa shape index (κ2) is 4.16. The van der Waals surface area contributed by atoms with Crippen molar-refractivity contribution in [1.82, 2.24) is 9.78 Å². The van der Waals surface area contributed by atoms with Crippen molar-refractivity contribution in [3.05, 3.63) is 35.6 Å². The first-order valence-electron chi connectivity index (χ1n) is 5.23. The van der Waals surface area contributed by atoms with E-state index in [1.165, 1.54) is 23.7 Å². The van der Waals surface area contributed by atoms with Crippen LogP contribution >= 0.6 is 0 Å². The second-order valence-electron chi connectivity index (χ2n) is 3.90. The van der Waals surface area contributed by atoms with Crippen molar-refractivity contribution in [1.29, 1.82) is 0 Å². The van der Waals surface area contributed by atoms with Crippen LogP contribution in [0, 0.1) is 5.82 Å². The first kappa shape index (κ1) is 11.6. The fourth-order valence-corrected chi connectivity index (χ4v) is 1.78. The van der Waals surface area contributed by atoms with Gasteiger partial charge in [-0.1, -0.05) is 12.1 Å². The fourth-order valence-electron chi connectivity index (χ4n) is 1.78. The molecule has 0 aliphatic carbocycles. The minimum atomic E-state index is -1.39. The highest BCUT2D eigenvalue weighted by molar-refractivity contribution is 5.66. The van der Waals surface area contributed by atoms with E-state index in [0.29, 0.717) is 17.1 Å². The van der Waals surface area contributed by atoms with Crippen LogP contribution < -0.4 is 5.73 Å². The van der Waals surface area contributed by atoms with E-state index in [-0.39, 0.29) is 5.56 Å². The van der Waals surface area contributed by atoms with E-state index in [1.54, 1.807) is 19.2 Å². The molecule has 5 heteroatoms. The number of aromatic nitrogens is 2. The standard InChI is InChI=1S/C12H13F2N3/c1-7(13)12-8(4-3-5-9(12)14)10-6-11(15)17(2)16-10/h3-7H,15H2,1-2H3. The molecule has 0 spiro atoms. The fraction of sp³-hybridized carbons (Fsp3) is 0.250. The molecule has 1 unspecified atom stereocenters. The first-order valence-corrected chi connectivity index (χ1v) is 5.23. The number of hydrogen-bond donors (Lipinski definition) is 1. The van der Waals surface area contributed by atoms with Crippen molar-refractivity contribution in [2.75, 3.05) is 5.73 Å². The Bertz CT molecular complexity index is 527. The predicted octanol–water partition coefficient (Wildman–Crippen LogP) is 2.84. The van der Waals surface area contributed by atoms with Crippen LogP contribution in [0.3, 0.4) is 0 Å². The Morgan fingerprint density at radius 3 is 2.65 bits per heavy atom. The topological polar surface area (TPSA) is 43.8 Å². The summed E-state index contributed by atoms with van der Waals surface area (Å²) in [5.74, 6) is -0.122. The van der Waals surface area contributed by atoms with Gasteiger partial charge in [-0.05, 0) is 13.0 Å². The number of rotatable bonds is 2. The zero-order valence-corrected chi connectivity index (χ0v) is 9.61. The van der Waals surface area contributed by atoms with Gasteiger partial charge in [-0.3, -0.25) is 4.68 Å². The van der Waals surface area contributed by atoms with Gasteiger partial charge in [-0.25, -0.2) is 8.78 Å². The maximum absolute atomic E-state index is 13.6. The average Bonchev–Trinajstić information content (AvgIpc) is 2.58. The van der Waals surface area contributed by atoms with Crippen molar-refractivity contribution >= 4 is 5.82 Å². The molecule has 0 fully saturated rings. The number of benzene rings is 1. The number of nitrogens with zero attached hydrogens (tertiary/aromatic N) is 2. The summed E-state index contributed by atoms with van der Waals surface area (Å²) in [6, 6.07) is 6.00. The van der Waals surface area contributed by atoms with Gasteiger partial charge in [-0.15, -0.1) is 0 Å². The van der Waals surface area contributed by atoms with Crippen molar-refractivity contribution in [2.45, 2.75) is 13.1 Å². The summed E-state index contributed by atoms with van der Waals surface area (Å²) in [5, 5.41) is 4.12. The third-order valence-corrected chi connectivity index (χ3v) is 2.64. The average molecular weight is 237 g/mol. The molecule has 90 valence electrons. The van der Waals surface area contributed by atoms with Gasteiger partial charge in [0.2, 0.25) is 0 Å². The molecule has 0 saturated carbocycles. The molecular formula is C12H13F2N3. The van der Waals surface area contributed by atoms with E-state index >= 15 is 0 Å². The molecule has 1 heterocycles. The minimum absolute atomic E-state index is 0.0191. The van der Waals surface area contributed by atoms with Crippen molar-refractivity contribution in [3.8, 4) is 11.3 Å². The highest BCUT2D eigenvalue weighted by Gasteiger charge is 2.18. The predicted molar refractivity (Wildman–Crippen MR) is 62.5 cm³/mol. The van der Waals surface area contributed by atoms with E-state index in [9.17, 15) is 8.78 Å². The Hall–Kier alpha value is -1.91. The molecule has 2 aromatic rings. The van der Waals surface area contributed by atoms with Gasteiger partial charge in [0.25, 0.3) is 0 Å². The molecule has 1 atom stereocenters. The van der Waals surface area contributed by atoms with Crippen LogP contribution in [-0.4, -0.2) is 9.78 Å². The Labute approximate surface area is 97.9 Å². The highest BCUT2D eigenvalue weighted by Crippen LogP contribution is 2.31. The minimum Gasteiger partial charge on any atom is -0.384 e. The van der Waals surface area contributed by atoms with Crippen molar-refractivity contribution in [2.24, 2.45) is 7.05 Å². The van der Waals surface area contributed by atoms with Crippen molar-refractivity contribution < 1.29 is 8.78 Å². The summed E-state index contributed by atoms with van der Waals surface area (Å²) < 4.78 is 28.5. The third-order valence-electron chi connectivity index (χ3n) is 2.64. The van der Waals surface area contributed by atoms with Gasteiger partial charge in [-0.2, -0.15) is 5.10 Å². The zero-order valence-electron chi connectivity index (χ0n) is 9.61. The largest absolute Gasteiger partial charge is 0.384 e. The molecule has 17 heavy (non-hydrogen) atoms. The van der Waals surface area contributed by atoms with E-state index < -0.39 is 12.0 Å². The molecule has 0 radical (unpaired) electrons. The SMILES string of the molecule is CC(F)c1c(F)cccc1-c1cc(N)n(C)n1. The van der Waals surface area contributed by atoms with Crippen molar-refractivity contribution in [3.63, 3.8) is 0 Å². The molecule has 3 nitrogen and oxygen atoms in total.